The number of hydrogen-bond donors (Lipinski definition) is 1. The standard InChI is InChI=1S/C13H18N4/c1-3-5-14-9-12-8-11(2)13(15-10-12)17-7-4-6-16-17/h4,6-8,10,14H,3,5,9H2,1-2H3. The first-order chi connectivity index (χ1) is 8.31. The van der Waals surface area contributed by atoms with Crippen molar-refractivity contribution in [2.24, 2.45) is 0 Å². The number of nitrogens with zero attached hydrogens (tertiary/aromatic N) is 3. The lowest BCUT2D eigenvalue weighted by molar-refractivity contribution is 0.672. The minimum atomic E-state index is 0.876. The van der Waals surface area contributed by atoms with Crippen LogP contribution >= 0.6 is 0 Å². The molecule has 4 heteroatoms. The van der Waals surface area contributed by atoms with Gasteiger partial charge < -0.3 is 5.32 Å². The second-order valence-electron chi connectivity index (χ2n) is 4.11. The Morgan fingerprint density at radius 2 is 2.29 bits per heavy atom. The van der Waals surface area contributed by atoms with E-state index in [1.54, 1.807) is 10.9 Å². The van der Waals surface area contributed by atoms with Gasteiger partial charge >= 0.3 is 0 Å². The van der Waals surface area contributed by atoms with Gasteiger partial charge in [0.1, 0.15) is 0 Å². The average molecular weight is 230 g/mol. The summed E-state index contributed by atoms with van der Waals surface area (Å²) in [6.07, 6.45) is 6.73. The minimum absolute atomic E-state index is 0.876. The summed E-state index contributed by atoms with van der Waals surface area (Å²) >= 11 is 0. The number of rotatable bonds is 5. The fourth-order valence-electron chi connectivity index (χ4n) is 1.77. The molecule has 2 aromatic rings. The van der Waals surface area contributed by atoms with E-state index in [-0.39, 0.29) is 0 Å². The first-order valence-corrected chi connectivity index (χ1v) is 5.97. The van der Waals surface area contributed by atoms with Gasteiger partial charge in [0.25, 0.3) is 0 Å². The van der Waals surface area contributed by atoms with Crippen molar-refractivity contribution in [3.05, 3.63) is 41.9 Å². The number of aryl methyl sites for hydroxylation is 1. The van der Waals surface area contributed by atoms with Crippen molar-refractivity contribution in [2.75, 3.05) is 6.54 Å². The van der Waals surface area contributed by atoms with E-state index in [9.17, 15) is 0 Å². The lowest BCUT2D eigenvalue weighted by Crippen LogP contribution is -2.14. The van der Waals surface area contributed by atoms with Gasteiger partial charge in [0.05, 0.1) is 0 Å². The zero-order valence-corrected chi connectivity index (χ0v) is 10.3. The van der Waals surface area contributed by atoms with Crippen LogP contribution in [0.4, 0.5) is 0 Å². The van der Waals surface area contributed by atoms with Crippen LogP contribution in [-0.4, -0.2) is 21.3 Å². The van der Waals surface area contributed by atoms with E-state index >= 15 is 0 Å². The average Bonchev–Trinajstić information content (AvgIpc) is 2.83. The lowest BCUT2D eigenvalue weighted by Gasteiger charge is -2.08. The molecule has 0 radical (unpaired) electrons. The van der Waals surface area contributed by atoms with Crippen LogP contribution in [0, 0.1) is 6.92 Å². The molecule has 17 heavy (non-hydrogen) atoms. The third-order valence-corrected chi connectivity index (χ3v) is 2.58. The highest BCUT2D eigenvalue weighted by molar-refractivity contribution is 5.34. The molecule has 2 rings (SSSR count). The van der Waals surface area contributed by atoms with Crippen LogP contribution in [0.2, 0.25) is 0 Å². The van der Waals surface area contributed by atoms with E-state index in [1.165, 1.54) is 5.56 Å². The van der Waals surface area contributed by atoms with Gasteiger partial charge in [-0.15, -0.1) is 0 Å². The SMILES string of the molecule is CCCNCc1cnc(-n2cccn2)c(C)c1. The van der Waals surface area contributed by atoms with Crippen molar-refractivity contribution in [2.45, 2.75) is 26.8 Å². The molecular formula is C13H18N4. The summed E-state index contributed by atoms with van der Waals surface area (Å²) in [5.41, 5.74) is 2.36. The monoisotopic (exact) mass is 230 g/mol. The maximum Gasteiger partial charge on any atom is 0.156 e. The Labute approximate surface area is 102 Å². The Bertz CT molecular complexity index is 462. The molecule has 0 saturated heterocycles. The van der Waals surface area contributed by atoms with Gasteiger partial charge in [-0.2, -0.15) is 5.10 Å². The van der Waals surface area contributed by atoms with Crippen LogP contribution in [0.1, 0.15) is 24.5 Å². The van der Waals surface area contributed by atoms with Gasteiger partial charge in [0, 0.05) is 25.1 Å². The largest absolute Gasteiger partial charge is 0.313 e. The molecule has 1 N–H and O–H groups in total. The van der Waals surface area contributed by atoms with Gasteiger partial charge in [-0.1, -0.05) is 6.92 Å². The molecule has 90 valence electrons. The fourth-order valence-corrected chi connectivity index (χ4v) is 1.77. The molecule has 0 aromatic carbocycles. The second kappa shape index (κ2) is 5.59. The van der Waals surface area contributed by atoms with Crippen LogP contribution in [-0.2, 0) is 6.54 Å². The number of pyridine rings is 1. The van der Waals surface area contributed by atoms with Crippen molar-refractivity contribution in [1.82, 2.24) is 20.1 Å². The summed E-state index contributed by atoms with van der Waals surface area (Å²) in [7, 11) is 0. The maximum atomic E-state index is 4.46. The Balaban J connectivity index is 2.12. The van der Waals surface area contributed by atoms with Crippen molar-refractivity contribution < 1.29 is 0 Å². The molecule has 0 aliphatic rings. The molecule has 0 atom stereocenters. The van der Waals surface area contributed by atoms with Crippen molar-refractivity contribution in [1.29, 1.82) is 0 Å². The Hall–Kier alpha value is -1.68. The highest BCUT2D eigenvalue weighted by Crippen LogP contribution is 2.11. The quantitative estimate of drug-likeness (QED) is 0.800. The summed E-state index contributed by atoms with van der Waals surface area (Å²) in [4.78, 5) is 4.46. The number of aromatic nitrogens is 3. The topological polar surface area (TPSA) is 42.7 Å². The summed E-state index contributed by atoms with van der Waals surface area (Å²) in [5, 5.41) is 7.56. The third-order valence-electron chi connectivity index (χ3n) is 2.58. The molecule has 0 bridgehead atoms. The highest BCUT2D eigenvalue weighted by Gasteiger charge is 2.03. The van der Waals surface area contributed by atoms with E-state index in [2.05, 4.69) is 35.3 Å². The molecule has 0 amide bonds. The summed E-state index contributed by atoms with van der Waals surface area (Å²) in [6.45, 7) is 6.14. The molecule has 2 aromatic heterocycles. The normalized spacial score (nSPS) is 10.7. The van der Waals surface area contributed by atoms with Gasteiger partial charge in [0.2, 0.25) is 0 Å². The summed E-state index contributed by atoms with van der Waals surface area (Å²) in [6, 6.07) is 4.06. The summed E-state index contributed by atoms with van der Waals surface area (Å²) in [5.74, 6) is 0.897. The molecule has 0 aliphatic carbocycles. The molecule has 0 fully saturated rings. The van der Waals surface area contributed by atoms with E-state index in [1.807, 2.05) is 18.5 Å². The lowest BCUT2D eigenvalue weighted by atomic mass is 10.2. The van der Waals surface area contributed by atoms with Crippen LogP contribution < -0.4 is 5.32 Å². The van der Waals surface area contributed by atoms with Crippen molar-refractivity contribution in [3.63, 3.8) is 0 Å². The van der Waals surface area contributed by atoms with Crippen LogP contribution in [0.15, 0.2) is 30.7 Å². The fraction of sp³-hybridized carbons (Fsp3) is 0.385. The maximum absolute atomic E-state index is 4.46. The van der Waals surface area contributed by atoms with Gasteiger partial charge in [0.15, 0.2) is 5.82 Å². The predicted octanol–water partition coefficient (Wildman–Crippen LogP) is 2.08. The highest BCUT2D eigenvalue weighted by atomic mass is 15.3. The van der Waals surface area contributed by atoms with Crippen LogP contribution in [0.25, 0.3) is 5.82 Å². The van der Waals surface area contributed by atoms with Crippen molar-refractivity contribution in [3.8, 4) is 5.82 Å². The first-order valence-electron chi connectivity index (χ1n) is 5.97. The molecule has 0 saturated carbocycles. The molecule has 2 heterocycles. The third kappa shape index (κ3) is 2.91. The Kier molecular flexibility index (Phi) is 3.88. The minimum Gasteiger partial charge on any atom is -0.313 e. The smallest absolute Gasteiger partial charge is 0.156 e. The summed E-state index contributed by atoms with van der Waals surface area (Å²) < 4.78 is 1.79. The Morgan fingerprint density at radius 1 is 1.41 bits per heavy atom. The second-order valence-corrected chi connectivity index (χ2v) is 4.11. The van der Waals surface area contributed by atoms with E-state index < -0.39 is 0 Å². The molecular weight excluding hydrogens is 212 g/mol. The van der Waals surface area contributed by atoms with Gasteiger partial charge in [-0.3, -0.25) is 0 Å². The molecule has 0 aliphatic heterocycles. The van der Waals surface area contributed by atoms with E-state index in [0.29, 0.717) is 0 Å². The number of hydrogen-bond acceptors (Lipinski definition) is 3. The first kappa shape index (κ1) is 11.8. The molecule has 0 unspecified atom stereocenters. The van der Waals surface area contributed by atoms with Crippen LogP contribution in [0.5, 0.6) is 0 Å². The predicted molar refractivity (Wildman–Crippen MR) is 68.1 cm³/mol. The zero-order valence-electron chi connectivity index (χ0n) is 10.3. The van der Waals surface area contributed by atoms with Gasteiger partial charge in [-0.25, -0.2) is 9.67 Å². The van der Waals surface area contributed by atoms with Crippen LogP contribution in [0.3, 0.4) is 0 Å². The molecule has 4 nitrogen and oxygen atoms in total. The van der Waals surface area contributed by atoms with Gasteiger partial charge in [-0.05, 0) is 43.1 Å². The zero-order chi connectivity index (χ0) is 12.1. The van der Waals surface area contributed by atoms with E-state index in [0.717, 1.165) is 30.9 Å². The number of nitrogens with one attached hydrogen (secondary N) is 1. The van der Waals surface area contributed by atoms with E-state index in [4.69, 9.17) is 0 Å². The Morgan fingerprint density at radius 3 is 2.94 bits per heavy atom. The molecule has 0 spiro atoms. The van der Waals surface area contributed by atoms with Crippen molar-refractivity contribution >= 4 is 0 Å².